The molecule has 1 aliphatic heterocycles. The van der Waals surface area contributed by atoms with E-state index < -0.39 is 11.5 Å². The van der Waals surface area contributed by atoms with Crippen molar-refractivity contribution in [2.75, 3.05) is 6.61 Å². The lowest BCUT2D eigenvalue weighted by atomic mass is 9.98. The molecule has 3 atom stereocenters. The maximum atomic E-state index is 10.8. The molecule has 0 bridgehead atoms. The van der Waals surface area contributed by atoms with Crippen LogP contribution in [0.5, 0.6) is 0 Å². The summed E-state index contributed by atoms with van der Waals surface area (Å²) in [4.78, 5) is 10.8. The van der Waals surface area contributed by atoms with E-state index in [4.69, 9.17) is 20.3 Å². The first kappa shape index (κ1) is 15.4. The minimum atomic E-state index is -1.15. The SMILES string of the molecule is CC1CC(OCCCC(C)(N)C(=O)O)CC(C)O1. The molecule has 0 spiro atoms. The van der Waals surface area contributed by atoms with Crippen LogP contribution in [0.15, 0.2) is 0 Å². The molecule has 3 unspecified atom stereocenters. The summed E-state index contributed by atoms with van der Waals surface area (Å²) in [7, 11) is 0. The Kier molecular flexibility index (Phi) is 5.56. The summed E-state index contributed by atoms with van der Waals surface area (Å²) in [6, 6.07) is 0. The van der Waals surface area contributed by atoms with Gasteiger partial charge in [-0.05, 0) is 46.5 Å². The van der Waals surface area contributed by atoms with Crippen LogP contribution in [0.4, 0.5) is 0 Å². The summed E-state index contributed by atoms with van der Waals surface area (Å²) < 4.78 is 11.4. The standard InChI is InChI=1S/C13H25NO4/c1-9-7-11(8-10(2)18-9)17-6-4-5-13(3,14)12(15)16/h9-11H,4-8,14H2,1-3H3,(H,15,16). The summed E-state index contributed by atoms with van der Waals surface area (Å²) in [5.41, 5.74) is 4.49. The highest BCUT2D eigenvalue weighted by Crippen LogP contribution is 2.22. The first-order valence-electron chi connectivity index (χ1n) is 6.60. The van der Waals surface area contributed by atoms with Crippen LogP contribution in [-0.2, 0) is 14.3 Å². The van der Waals surface area contributed by atoms with Crippen LogP contribution in [0.25, 0.3) is 0 Å². The maximum Gasteiger partial charge on any atom is 0.323 e. The second-order valence-corrected chi connectivity index (χ2v) is 5.55. The average molecular weight is 259 g/mol. The molecule has 5 heteroatoms. The van der Waals surface area contributed by atoms with Gasteiger partial charge in [-0.2, -0.15) is 0 Å². The van der Waals surface area contributed by atoms with E-state index in [9.17, 15) is 4.79 Å². The number of hydrogen-bond donors (Lipinski definition) is 2. The van der Waals surface area contributed by atoms with Crippen molar-refractivity contribution in [3.05, 3.63) is 0 Å². The lowest BCUT2D eigenvalue weighted by Gasteiger charge is -2.32. The maximum absolute atomic E-state index is 10.8. The highest BCUT2D eigenvalue weighted by molar-refractivity contribution is 5.77. The fourth-order valence-electron chi connectivity index (χ4n) is 2.28. The zero-order valence-corrected chi connectivity index (χ0v) is 11.5. The molecule has 3 N–H and O–H groups in total. The van der Waals surface area contributed by atoms with E-state index in [1.807, 2.05) is 13.8 Å². The molecule has 1 aliphatic rings. The van der Waals surface area contributed by atoms with Crippen molar-refractivity contribution in [2.45, 2.75) is 70.3 Å². The predicted octanol–water partition coefficient (Wildman–Crippen LogP) is 1.54. The second-order valence-electron chi connectivity index (χ2n) is 5.55. The van der Waals surface area contributed by atoms with Crippen LogP contribution >= 0.6 is 0 Å². The third-order valence-corrected chi connectivity index (χ3v) is 3.34. The predicted molar refractivity (Wildman–Crippen MR) is 68.4 cm³/mol. The Morgan fingerprint density at radius 2 is 2.00 bits per heavy atom. The molecule has 1 fully saturated rings. The van der Waals surface area contributed by atoms with E-state index >= 15 is 0 Å². The Hall–Kier alpha value is -0.650. The quantitative estimate of drug-likeness (QED) is 0.707. The van der Waals surface area contributed by atoms with Gasteiger partial charge in [0.2, 0.25) is 0 Å². The summed E-state index contributed by atoms with van der Waals surface area (Å²) in [6.45, 7) is 6.19. The Morgan fingerprint density at radius 3 is 2.50 bits per heavy atom. The Morgan fingerprint density at radius 1 is 1.44 bits per heavy atom. The van der Waals surface area contributed by atoms with E-state index in [0.717, 1.165) is 12.8 Å². The highest BCUT2D eigenvalue weighted by Gasteiger charge is 2.28. The molecule has 5 nitrogen and oxygen atoms in total. The number of carbonyl (C=O) groups is 1. The minimum Gasteiger partial charge on any atom is -0.480 e. The van der Waals surface area contributed by atoms with Gasteiger partial charge >= 0.3 is 5.97 Å². The Labute approximate surface area is 109 Å². The highest BCUT2D eigenvalue weighted by atomic mass is 16.5. The first-order chi connectivity index (χ1) is 8.31. The van der Waals surface area contributed by atoms with Gasteiger partial charge in [0.25, 0.3) is 0 Å². The molecule has 0 amide bonds. The lowest BCUT2D eigenvalue weighted by molar-refractivity contribution is -0.143. The van der Waals surface area contributed by atoms with Gasteiger partial charge in [-0.25, -0.2) is 0 Å². The Bertz CT molecular complexity index is 270. The number of hydrogen-bond acceptors (Lipinski definition) is 4. The second kappa shape index (κ2) is 6.50. The molecule has 1 heterocycles. The van der Waals surface area contributed by atoms with E-state index in [2.05, 4.69) is 0 Å². The minimum absolute atomic E-state index is 0.220. The molecule has 0 aromatic heterocycles. The van der Waals surface area contributed by atoms with Crippen LogP contribution in [-0.4, -0.2) is 41.5 Å². The van der Waals surface area contributed by atoms with Crippen LogP contribution in [0.1, 0.15) is 46.5 Å². The van der Waals surface area contributed by atoms with Gasteiger partial charge in [0.05, 0.1) is 18.3 Å². The van der Waals surface area contributed by atoms with E-state index in [0.29, 0.717) is 19.4 Å². The molecule has 0 aromatic rings. The number of nitrogens with two attached hydrogens (primary N) is 1. The van der Waals surface area contributed by atoms with Gasteiger partial charge in [-0.3, -0.25) is 4.79 Å². The average Bonchev–Trinajstić information content (AvgIpc) is 2.23. The summed E-state index contributed by atoms with van der Waals surface area (Å²) in [5, 5.41) is 8.88. The molecule has 0 radical (unpaired) electrons. The molecule has 1 rings (SSSR count). The fraction of sp³-hybridized carbons (Fsp3) is 0.923. The zero-order valence-electron chi connectivity index (χ0n) is 11.5. The summed E-state index contributed by atoms with van der Waals surface area (Å²) in [6.07, 6.45) is 3.59. The van der Waals surface area contributed by atoms with Gasteiger partial charge in [0.1, 0.15) is 5.54 Å². The molecule has 0 aromatic carbocycles. The normalized spacial score (nSPS) is 31.9. The van der Waals surface area contributed by atoms with Gasteiger partial charge in [-0.15, -0.1) is 0 Å². The smallest absolute Gasteiger partial charge is 0.323 e. The molecule has 18 heavy (non-hydrogen) atoms. The van der Waals surface area contributed by atoms with Crippen molar-refractivity contribution in [1.82, 2.24) is 0 Å². The van der Waals surface area contributed by atoms with Crippen molar-refractivity contribution in [3.8, 4) is 0 Å². The topological polar surface area (TPSA) is 81.8 Å². The van der Waals surface area contributed by atoms with Crippen LogP contribution < -0.4 is 5.73 Å². The number of carboxylic acids is 1. The molecular weight excluding hydrogens is 234 g/mol. The third-order valence-electron chi connectivity index (χ3n) is 3.34. The van der Waals surface area contributed by atoms with Crippen LogP contribution in [0, 0.1) is 0 Å². The van der Waals surface area contributed by atoms with E-state index in [1.165, 1.54) is 6.92 Å². The molecule has 0 aliphatic carbocycles. The van der Waals surface area contributed by atoms with Crippen molar-refractivity contribution < 1.29 is 19.4 Å². The fourth-order valence-corrected chi connectivity index (χ4v) is 2.28. The zero-order chi connectivity index (χ0) is 13.8. The van der Waals surface area contributed by atoms with Crippen LogP contribution in [0.2, 0.25) is 0 Å². The Balaban J connectivity index is 2.20. The van der Waals surface area contributed by atoms with Gasteiger partial charge < -0.3 is 20.3 Å². The van der Waals surface area contributed by atoms with E-state index in [1.54, 1.807) is 0 Å². The van der Waals surface area contributed by atoms with Crippen molar-refractivity contribution in [1.29, 1.82) is 0 Å². The number of aliphatic carboxylic acids is 1. The van der Waals surface area contributed by atoms with Crippen LogP contribution in [0.3, 0.4) is 0 Å². The van der Waals surface area contributed by atoms with Gasteiger partial charge in [0, 0.05) is 6.61 Å². The van der Waals surface area contributed by atoms with Crippen molar-refractivity contribution in [3.63, 3.8) is 0 Å². The lowest BCUT2D eigenvalue weighted by Crippen LogP contribution is -2.45. The van der Waals surface area contributed by atoms with Crippen molar-refractivity contribution in [2.24, 2.45) is 5.73 Å². The number of ether oxygens (including phenoxy) is 2. The largest absolute Gasteiger partial charge is 0.480 e. The monoisotopic (exact) mass is 259 g/mol. The summed E-state index contributed by atoms with van der Waals surface area (Å²) in [5.74, 6) is -0.962. The molecular formula is C13H25NO4. The van der Waals surface area contributed by atoms with Crippen molar-refractivity contribution >= 4 is 5.97 Å². The first-order valence-corrected chi connectivity index (χ1v) is 6.60. The molecule has 106 valence electrons. The van der Waals surface area contributed by atoms with E-state index in [-0.39, 0.29) is 18.3 Å². The van der Waals surface area contributed by atoms with Gasteiger partial charge in [0.15, 0.2) is 0 Å². The number of rotatable bonds is 6. The number of carboxylic acid groups (broad SMARTS) is 1. The van der Waals surface area contributed by atoms with Gasteiger partial charge in [-0.1, -0.05) is 0 Å². The molecule has 1 saturated heterocycles. The summed E-state index contributed by atoms with van der Waals surface area (Å²) >= 11 is 0. The third kappa shape index (κ3) is 4.92. The molecule has 0 saturated carbocycles.